The van der Waals surface area contributed by atoms with Gasteiger partial charge in [-0.25, -0.2) is 0 Å². The van der Waals surface area contributed by atoms with E-state index < -0.39 is 0 Å². The molecule has 0 amide bonds. The van der Waals surface area contributed by atoms with Gasteiger partial charge in [0, 0.05) is 60.4 Å². The summed E-state index contributed by atoms with van der Waals surface area (Å²) in [5.41, 5.74) is 15.8. The van der Waals surface area contributed by atoms with E-state index in [2.05, 4.69) is 217 Å². The van der Waals surface area contributed by atoms with Gasteiger partial charge in [0.05, 0.1) is 22.4 Å². The van der Waals surface area contributed by atoms with E-state index in [1.807, 2.05) is 0 Å². The molecule has 3 heteroatoms. The largest absolute Gasteiger partial charge is 0.455 e. The molecular weight excluding hydrogens is 705 g/mol. The quantitative estimate of drug-likeness (QED) is 0.175. The lowest BCUT2D eigenvalue weighted by Crippen LogP contribution is -2.16. The van der Waals surface area contributed by atoms with Crippen LogP contribution in [0.15, 0.2) is 199 Å². The minimum absolute atomic E-state index is 0.152. The van der Waals surface area contributed by atoms with Crippen LogP contribution in [0.4, 0.5) is 17.1 Å². The molecule has 12 rings (SSSR count). The van der Waals surface area contributed by atoms with Crippen LogP contribution in [-0.2, 0) is 5.41 Å². The number of fused-ring (bicyclic) bond motifs is 11. The average Bonchev–Trinajstić information content (AvgIpc) is 3.90. The topological polar surface area (TPSA) is 21.3 Å². The molecule has 0 saturated heterocycles. The summed E-state index contributed by atoms with van der Waals surface area (Å²) in [7, 11) is 0. The maximum absolute atomic E-state index is 6.97. The van der Waals surface area contributed by atoms with Crippen LogP contribution in [0.2, 0.25) is 0 Å². The average molecular weight is 743 g/mol. The number of rotatable bonds is 5. The van der Waals surface area contributed by atoms with Gasteiger partial charge in [0.15, 0.2) is 0 Å². The number of aromatic nitrogens is 1. The highest BCUT2D eigenvalue weighted by Gasteiger charge is 2.38. The second-order valence-corrected chi connectivity index (χ2v) is 16.1. The molecule has 2 aromatic heterocycles. The molecule has 9 aromatic carbocycles. The van der Waals surface area contributed by atoms with Gasteiger partial charge >= 0.3 is 0 Å². The molecule has 1 aliphatic carbocycles. The molecule has 1 aliphatic rings. The summed E-state index contributed by atoms with van der Waals surface area (Å²) in [5.74, 6) is 0. The first kappa shape index (κ1) is 32.8. The Morgan fingerprint density at radius 1 is 0.431 bits per heavy atom. The number of nitrogens with zero attached hydrogens (tertiary/aromatic N) is 2. The zero-order chi connectivity index (χ0) is 38.5. The Bertz CT molecular complexity index is 3400. The summed E-state index contributed by atoms with van der Waals surface area (Å²) in [6.07, 6.45) is 0. The number of hydrogen-bond donors (Lipinski definition) is 0. The maximum Gasteiger partial charge on any atom is 0.143 e. The Morgan fingerprint density at radius 2 is 1.02 bits per heavy atom. The van der Waals surface area contributed by atoms with E-state index in [4.69, 9.17) is 4.42 Å². The van der Waals surface area contributed by atoms with E-state index >= 15 is 0 Å². The molecular formula is C55H38N2O. The number of hydrogen-bond acceptors (Lipinski definition) is 2. The third-order valence-corrected chi connectivity index (χ3v) is 12.6. The lowest BCUT2D eigenvalue weighted by Gasteiger charge is -2.31. The molecule has 0 unspecified atom stereocenters. The minimum Gasteiger partial charge on any atom is -0.455 e. The highest BCUT2D eigenvalue weighted by atomic mass is 16.3. The van der Waals surface area contributed by atoms with E-state index in [9.17, 15) is 0 Å². The van der Waals surface area contributed by atoms with Gasteiger partial charge in [-0.2, -0.15) is 0 Å². The van der Waals surface area contributed by atoms with Gasteiger partial charge in [-0.3, -0.25) is 0 Å². The minimum atomic E-state index is -0.152. The van der Waals surface area contributed by atoms with Crippen molar-refractivity contribution >= 4 is 71.6 Å². The number of anilines is 3. The van der Waals surface area contributed by atoms with Crippen molar-refractivity contribution in [3.05, 3.63) is 205 Å². The molecule has 274 valence electrons. The SMILES string of the molecule is CC1(C)c2ccccc2-c2c(N(c3cccc(-n4c5ccccc5c5ccccc54)c3)c3ccccc3-c3cccc4c3oc3c5ccccc5ccc43)cccc21. The van der Waals surface area contributed by atoms with Crippen molar-refractivity contribution in [2.45, 2.75) is 19.3 Å². The van der Waals surface area contributed by atoms with E-state index in [0.29, 0.717) is 0 Å². The lowest BCUT2D eigenvalue weighted by molar-refractivity contribution is 0.660. The van der Waals surface area contributed by atoms with Gasteiger partial charge in [0.1, 0.15) is 11.2 Å². The summed E-state index contributed by atoms with van der Waals surface area (Å²) in [5, 5.41) is 7.04. The smallest absolute Gasteiger partial charge is 0.143 e. The van der Waals surface area contributed by atoms with E-state index in [1.165, 1.54) is 49.4 Å². The summed E-state index contributed by atoms with van der Waals surface area (Å²) in [4.78, 5) is 2.49. The van der Waals surface area contributed by atoms with Crippen molar-refractivity contribution in [3.8, 4) is 27.9 Å². The molecule has 0 fully saturated rings. The third kappa shape index (κ3) is 4.62. The molecule has 0 bridgehead atoms. The highest BCUT2D eigenvalue weighted by molar-refractivity contribution is 6.18. The van der Waals surface area contributed by atoms with Crippen LogP contribution >= 0.6 is 0 Å². The van der Waals surface area contributed by atoms with Gasteiger partial charge in [-0.1, -0.05) is 159 Å². The van der Waals surface area contributed by atoms with Gasteiger partial charge in [0.25, 0.3) is 0 Å². The first-order chi connectivity index (χ1) is 28.6. The normalized spacial score (nSPS) is 13.1. The number of furan rings is 1. The number of benzene rings is 9. The van der Waals surface area contributed by atoms with Crippen LogP contribution in [0.5, 0.6) is 0 Å². The fraction of sp³-hybridized carbons (Fsp3) is 0.0545. The van der Waals surface area contributed by atoms with Gasteiger partial charge in [-0.15, -0.1) is 0 Å². The van der Waals surface area contributed by atoms with E-state index in [1.54, 1.807) is 0 Å². The van der Waals surface area contributed by atoms with Crippen LogP contribution < -0.4 is 4.90 Å². The molecule has 0 atom stereocenters. The molecule has 0 aliphatic heterocycles. The zero-order valence-electron chi connectivity index (χ0n) is 32.3. The molecule has 0 radical (unpaired) electrons. The third-order valence-electron chi connectivity index (χ3n) is 12.6. The van der Waals surface area contributed by atoms with Gasteiger partial charge in [-0.05, 0) is 70.6 Å². The predicted octanol–water partition coefficient (Wildman–Crippen LogP) is 15.3. The van der Waals surface area contributed by atoms with Crippen molar-refractivity contribution in [2.75, 3.05) is 4.90 Å². The number of para-hydroxylation sites is 4. The molecule has 58 heavy (non-hydrogen) atoms. The van der Waals surface area contributed by atoms with Crippen molar-refractivity contribution in [2.24, 2.45) is 0 Å². The van der Waals surface area contributed by atoms with Gasteiger partial charge in [0.2, 0.25) is 0 Å². The van der Waals surface area contributed by atoms with E-state index in [0.717, 1.165) is 61.2 Å². The summed E-state index contributed by atoms with van der Waals surface area (Å²) < 4.78 is 9.38. The Morgan fingerprint density at radius 3 is 1.84 bits per heavy atom. The van der Waals surface area contributed by atoms with Crippen LogP contribution in [-0.4, -0.2) is 4.57 Å². The fourth-order valence-corrected chi connectivity index (χ4v) is 9.94. The zero-order valence-corrected chi connectivity index (χ0v) is 32.3. The maximum atomic E-state index is 6.97. The highest BCUT2D eigenvalue weighted by Crippen LogP contribution is 2.55. The molecule has 0 N–H and O–H groups in total. The Hall–Kier alpha value is -7.36. The molecule has 3 nitrogen and oxygen atoms in total. The standard InChI is InChI=1S/C55H38N2O/c1-55(2)46-26-9-5-23-45(46)52-47(55)27-15-31-51(52)57(37-18-13-17-36(34-37)56-48-28-10-6-20-39(48)40-21-7-11-29-49(40)56)50-30-12-8-22-41(50)42-24-14-25-43-44-33-32-35-16-3-4-19-38(35)53(44)58-54(42)43/h3-34H,1-2H3. The van der Waals surface area contributed by atoms with Crippen LogP contribution in [0.3, 0.4) is 0 Å². The van der Waals surface area contributed by atoms with Crippen molar-refractivity contribution in [1.29, 1.82) is 0 Å². The van der Waals surface area contributed by atoms with Crippen LogP contribution in [0.1, 0.15) is 25.0 Å². The monoisotopic (exact) mass is 742 g/mol. The van der Waals surface area contributed by atoms with Crippen molar-refractivity contribution in [1.82, 2.24) is 4.57 Å². The summed E-state index contributed by atoms with van der Waals surface area (Å²) in [6.45, 7) is 4.71. The molecule has 11 aromatic rings. The van der Waals surface area contributed by atoms with Crippen LogP contribution in [0, 0.1) is 0 Å². The van der Waals surface area contributed by atoms with Crippen molar-refractivity contribution in [3.63, 3.8) is 0 Å². The second-order valence-electron chi connectivity index (χ2n) is 16.1. The van der Waals surface area contributed by atoms with Gasteiger partial charge < -0.3 is 13.9 Å². The predicted molar refractivity (Wildman–Crippen MR) is 243 cm³/mol. The van der Waals surface area contributed by atoms with E-state index in [-0.39, 0.29) is 5.41 Å². The van der Waals surface area contributed by atoms with Crippen molar-refractivity contribution < 1.29 is 4.42 Å². The molecule has 2 heterocycles. The summed E-state index contributed by atoms with van der Waals surface area (Å²) in [6, 6.07) is 70.6. The second kappa shape index (κ2) is 12.3. The van der Waals surface area contributed by atoms with Crippen LogP contribution in [0.25, 0.3) is 82.5 Å². The molecule has 0 spiro atoms. The molecule has 0 saturated carbocycles. The Balaban J connectivity index is 1.15. The fourth-order valence-electron chi connectivity index (χ4n) is 9.94. The first-order valence-corrected chi connectivity index (χ1v) is 20.1. The Labute approximate surface area is 336 Å². The first-order valence-electron chi connectivity index (χ1n) is 20.1. The summed E-state index contributed by atoms with van der Waals surface area (Å²) >= 11 is 0. The Kier molecular flexibility index (Phi) is 6.98. The lowest BCUT2D eigenvalue weighted by atomic mass is 9.82.